The number of hydrogen-bond acceptors (Lipinski definition) is 2. The maximum absolute atomic E-state index is 11.2. The summed E-state index contributed by atoms with van der Waals surface area (Å²) in [7, 11) is 0. The van der Waals surface area contributed by atoms with Gasteiger partial charge in [0.05, 0.1) is 11.3 Å². The first-order valence-corrected chi connectivity index (χ1v) is 6.27. The molecule has 3 heteroatoms. The minimum Gasteiger partial charge on any atom is -0.478 e. The molecular formula is C14H19NO2. The number of hydrogen-bond donors (Lipinski definition) is 1. The lowest BCUT2D eigenvalue weighted by Crippen LogP contribution is -2.26. The standard InChI is InChI=1S/C14H19NO2/c1-11-6-7-12(14(16)17)13(10-11)15-8-4-2-3-5-9-15/h6-7,10H,2-5,8-9H2,1H3,(H,16,17). The Labute approximate surface area is 102 Å². The minimum atomic E-state index is -0.829. The molecule has 3 nitrogen and oxygen atoms in total. The van der Waals surface area contributed by atoms with E-state index in [0.717, 1.165) is 37.2 Å². The van der Waals surface area contributed by atoms with Crippen LogP contribution < -0.4 is 4.90 Å². The number of aromatic carboxylic acids is 1. The summed E-state index contributed by atoms with van der Waals surface area (Å²) >= 11 is 0. The van der Waals surface area contributed by atoms with E-state index in [4.69, 9.17) is 0 Å². The molecule has 0 aromatic heterocycles. The number of anilines is 1. The van der Waals surface area contributed by atoms with E-state index in [2.05, 4.69) is 4.90 Å². The van der Waals surface area contributed by atoms with Crippen molar-refractivity contribution in [3.63, 3.8) is 0 Å². The predicted molar refractivity (Wildman–Crippen MR) is 68.8 cm³/mol. The van der Waals surface area contributed by atoms with Gasteiger partial charge in [0.15, 0.2) is 0 Å². The largest absolute Gasteiger partial charge is 0.478 e. The first kappa shape index (κ1) is 12.0. The van der Waals surface area contributed by atoms with Crippen molar-refractivity contribution in [2.24, 2.45) is 0 Å². The third kappa shape index (κ3) is 2.78. The van der Waals surface area contributed by atoms with Crippen molar-refractivity contribution in [1.82, 2.24) is 0 Å². The predicted octanol–water partition coefficient (Wildman–Crippen LogP) is 3.07. The second-order valence-corrected chi connectivity index (χ2v) is 4.73. The Morgan fingerprint density at radius 3 is 2.41 bits per heavy atom. The molecule has 1 aliphatic rings. The molecule has 0 amide bonds. The Hall–Kier alpha value is -1.51. The number of aryl methyl sites for hydroxylation is 1. The smallest absolute Gasteiger partial charge is 0.337 e. The number of rotatable bonds is 2. The quantitative estimate of drug-likeness (QED) is 0.853. The van der Waals surface area contributed by atoms with Crippen LogP contribution in [0.1, 0.15) is 41.6 Å². The van der Waals surface area contributed by atoms with Gasteiger partial charge in [-0.3, -0.25) is 0 Å². The third-order valence-corrected chi connectivity index (χ3v) is 3.33. The average Bonchev–Trinajstić information content (AvgIpc) is 2.56. The average molecular weight is 233 g/mol. The molecular weight excluding hydrogens is 214 g/mol. The Morgan fingerprint density at radius 1 is 1.18 bits per heavy atom. The molecule has 1 aromatic rings. The van der Waals surface area contributed by atoms with Crippen LogP contribution in [0.4, 0.5) is 5.69 Å². The number of carbonyl (C=O) groups is 1. The van der Waals surface area contributed by atoms with Gasteiger partial charge in [-0.1, -0.05) is 18.9 Å². The van der Waals surface area contributed by atoms with Gasteiger partial charge in [-0.05, 0) is 37.5 Å². The van der Waals surface area contributed by atoms with E-state index in [-0.39, 0.29) is 0 Å². The monoisotopic (exact) mass is 233 g/mol. The van der Waals surface area contributed by atoms with Crippen LogP contribution in [0, 0.1) is 6.92 Å². The highest BCUT2D eigenvalue weighted by molar-refractivity contribution is 5.94. The maximum atomic E-state index is 11.2. The molecule has 1 fully saturated rings. The summed E-state index contributed by atoms with van der Waals surface area (Å²) in [4.78, 5) is 13.5. The molecule has 0 atom stereocenters. The van der Waals surface area contributed by atoms with Crippen LogP contribution in [0.3, 0.4) is 0 Å². The van der Waals surface area contributed by atoms with E-state index in [1.807, 2.05) is 19.1 Å². The van der Waals surface area contributed by atoms with Crippen LogP contribution in [0.25, 0.3) is 0 Å². The second kappa shape index (κ2) is 5.21. The SMILES string of the molecule is Cc1ccc(C(=O)O)c(N2CCCCCC2)c1. The van der Waals surface area contributed by atoms with Crippen LogP contribution in [0.2, 0.25) is 0 Å². The summed E-state index contributed by atoms with van der Waals surface area (Å²) in [5.74, 6) is -0.829. The molecule has 92 valence electrons. The van der Waals surface area contributed by atoms with E-state index in [1.165, 1.54) is 12.8 Å². The molecule has 1 saturated heterocycles. The first-order valence-electron chi connectivity index (χ1n) is 6.27. The van der Waals surface area contributed by atoms with Gasteiger partial charge in [-0.2, -0.15) is 0 Å². The van der Waals surface area contributed by atoms with Gasteiger partial charge >= 0.3 is 5.97 Å². The topological polar surface area (TPSA) is 40.5 Å². The molecule has 0 bridgehead atoms. The normalized spacial score (nSPS) is 16.6. The van der Waals surface area contributed by atoms with E-state index in [9.17, 15) is 9.90 Å². The van der Waals surface area contributed by atoms with Crippen molar-refractivity contribution in [3.05, 3.63) is 29.3 Å². The lowest BCUT2D eigenvalue weighted by atomic mass is 10.1. The van der Waals surface area contributed by atoms with Crippen molar-refractivity contribution in [2.75, 3.05) is 18.0 Å². The summed E-state index contributed by atoms with van der Waals surface area (Å²) in [5.41, 5.74) is 2.44. The van der Waals surface area contributed by atoms with Crippen molar-refractivity contribution in [2.45, 2.75) is 32.6 Å². The van der Waals surface area contributed by atoms with Gasteiger partial charge in [-0.25, -0.2) is 4.79 Å². The summed E-state index contributed by atoms with van der Waals surface area (Å²) in [6, 6.07) is 5.58. The van der Waals surface area contributed by atoms with Gasteiger partial charge in [0.2, 0.25) is 0 Å². The van der Waals surface area contributed by atoms with Crippen LogP contribution in [0.15, 0.2) is 18.2 Å². The zero-order valence-electron chi connectivity index (χ0n) is 10.3. The highest BCUT2D eigenvalue weighted by Crippen LogP contribution is 2.25. The highest BCUT2D eigenvalue weighted by Gasteiger charge is 2.17. The van der Waals surface area contributed by atoms with Crippen molar-refractivity contribution in [3.8, 4) is 0 Å². The van der Waals surface area contributed by atoms with Gasteiger partial charge in [-0.15, -0.1) is 0 Å². The molecule has 2 rings (SSSR count). The lowest BCUT2D eigenvalue weighted by Gasteiger charge is -2.24. The third-order valence-electron chi connectivity index (χ3n) is 3.33. The second-order valence-electron chi connectivity index (χ2n) is 4.73. The Bertz CT molecular complexity index is 407. The molecule has 0 unspecified atom stereocenters. The summed E-state index contributed by atoms with van der Waals surface area (Å²) in [6.07, 6.45) is 4.83. The number of nitrogens with zero attached hydrogens (tertiary/aromatic N) is 1. The van der Waals surface area contributed by atoms with E-state index < -0.39 is 5.97 Å². The van der Waals surface area contributed by atoms with Gasteiger partial charge in [0, 0.05) is 13.1 Å². The fraction of sp³-hybridized carbons (Fsp3) is 0.500. The highest BCUT2D eigenvalue weighted by atomic mass is 16.4. The zero-order chi connectivity index (χ0) is 12.3. The fourth-order valence-corrected chi connectivity index (χ4v) is 2.40. The molecule has 1 aliphatic heterocycles. The Kier molecular flexibility index (Phi) is 3.67. The van der Waals surface area contributed by atoms with Gasteiger partial charge in [0.25, 0.3) is 0 Å². The first-order chi connectivity index (χ1) is 8.18. The molecule has 1 aromatic carbocycles. The van der Waals surface area contributed by atoms with E-state index in [0.29, 0.717) is 5.56 Å². The van der Waals surface area contributed by atoms with E-state index >= 15 is 0 Å². The lowest BCUT2D eigenvalue weighted by molar-refractivity contribution is 0.0697. The van der Waals surface area contributed by atoms with Crippen LogP contribution in [-0.4, -0.2) is 24.2 Å². The van der Waals surface area contributed by atoms with Crippen molar-refractivity contribution in [1.29, 1.82) is 0 Å². The number of benzene rings is 1. The number of carboxylic acid groups (broad SMARTS) is 1. The number of carboxylic acids is 1. The molecule has 0 radical (unpaired) electrons. The van der Waals surface area contributed by atoms with Gasteiger partial charge in [0.1, 0.15) is 0 Å². The van der Waals surface area contributed by atoms with Crippen molar-refractivity contribution >= 4 is 11.7 Å². The van der Waals surface area contributed by atoms with Crippen molar-refractivity contribution < 1.29 is 9.90 Å². The zero-order valence-corrected chi connectivity index (χ0v) is 10.3. The maximum Gasteiger partial charge on any atom is 0.337 e. The molecule has 17 heavy (non-hydrogen) atoms. The molecule has 1 heterocycles. The molecule has 0 aliphatic carbocycles. The minimum absolute atomic E-state index is 0.428. The summed E-state index contributed by atoms with van der Waals surface area (Å²) < 4.78 is 0. The molecule has 1 N–H and O–H groups in total. The van der Waals surface area contributed by atoms with Crippen LogP contribution >= 0.6 is 0 Å². The van der Waals surface area contributed by atoms with Crippen LogP contribution in [0.5, 0.6) is 0 Å². The fourth-order valence-electron chi connectivity index (χ4n) is 2.40. The Morgan fingerprint density at radius 2 is 1.82 bits per heavy atom. The molecule has 0 spiro atoms. The van der Waals surface area contributed by atoms with Gasteiger partial charge < -0.3 is 10.0 Å². The molecule has 0 saturated carbocycles. The van der Waals surface area contributed by atoms with Crippen LogP contribution in [-0.2, 0) is 0 Å². The summed E-state index contributed by atoms with van der Waals surface area (Å²) in [6.45, 7) is 3.96. The van der Waals surface area contributed by atoms with E-state index in [1.54, 1.807) is 6.07 Å². The summed E-state index contributed by atoms with van der Waals surface area (Å²) in [5, 5.41) is 9.23. The Balaban J connectivity index is 2.34.